The van der Waals surface area contributed by atoms with Crippen molar-refractivity contribution in [3.63, 3.8) is 0 Å². The first-order valence-electron chi connectivity index (χ1n) is 6.54. The van der Waals surface area contributed by atoms with Crippen LogP contribution in [-0.2, 0) is 4.79 Å². The molecule has 2 rings (SSSR count). The van der Waals surface area contributed by atoms with Gasteiger partial charge in [0.1, 0.15) is 0 Å². The minimum Gasteiger partial charge on any atom is -0.354 e. The summed E-state index contributed by atoms with van der Waals surface area (Å²) < 4.78 is 25.9. The Morgan fingerprint density at radius 2 is 2.26 bits per heavy atom. The molecule has 1 heterocycles. The Hall–Kier alpha value is -1.49. The molecule has 0 radical (unpaired) electrons. The van der Waals surface area contributed by atoms with Gasteiger partial charge in [0, 0.05) is 6.54 Å². The highest BCUT2D eigenvalue weighted by atomic mass is 19.2. The average molecular weight is 268 g/mol. The van der Waals surface area contributed by atoms with Crippen molar-refractivity contribution < 1.29 is 13.6 Å². The van der Waals surface area contributed by atoms with Gasteiger partial charge in [-0.1, -0.05) is 13.0 Å². The standard InChI is InChI=1S/C14H18F2N2O/c1-9(10-4-5-11(15)12(16)7-10)8-18-14(19)13-3-2-6-17-13/h4-5,7,9,13,17H,2-3,6,8H2,1H3,(H,18,19). The van der Waals surface area contributed by atoms with Crippen LogP contribution in [-0.4, -0.2) is 25.0 Å². The predicted molar refractivity (Wildman–Crippen MR) is 68.8 cm³/mol. The highest BCUT2D eigenvalue weighted by molar-refractivity contribution is 5.82. The quantitative estimate of drug-likeness (QED) is 0.876. The van der Waals surface area contributed by atoms with Crippen LogP contribution in [0.25, 0.3) is 0 Å². The second-order valence-corrected chi connectivity index (χ2v) is 4.97. The second-order valence-electron chi connectivity index (χ2n) is 4.97. The molecule has 0 bridgehead atoms. The van der Waals surface area contributed by atoms with Crippen molar-refractivity contribution in [1.29, 1.82) is 0 Å². The van der Waals surface area contributed by atoms with Crippen molar-refractivity contribution in [3.8, 4) is 0 Å². The van der Waals surface area contributed by atoms with Gasteiger partial charge in [-0.25, -0.2) is 8.78 Å². The van der Waals surface area contributed by atoms with Gasteiger partial charge in [-0.2, -0.15) is 0 Å². The Morgan fingerprint density at radius 1 is 1.47 bits per heavy atom. The van der Waals surface area contributed by atoms with E-state index in [1.54, 1.807) is 6.07 Å². The molecule has 1 aromatic carbocycles. The highest BCUT2D eigenvalue weighted by Crippen LogP contribution is 2.17. The lowest BCUT2D eigenvalue weighted by atomic mass is 10.0. The van der Waals surface area contributed by atoms with Gasteiger partial charge in [0.2, 0.25) is 5.91 Å². The molecule has 1 amide bonds. The molecular formula is C14H18F2N2O. The van der Waals surface area contributed by atoms with Gasteiger partial charge in [0.25, 0.3) is 0 Å². The monoisotopic (exact) mass is 268 g/mol. The van der Waals surface area contributed by atoms with Crippen LogP contribution < -0.4 is 10.6 Å². The van der Waals surface area contributed by atoms with Crippen molar-refractivity contribution in [2.75, 3.05) is 13.1 Å². The Morgan fingerprint density at radius 3 is 2.89 bits per heavy atom. The Balaban J connectivity index is 1.88. The molecule has 5 heteroatoms. The zero-order chi connectivity index (χ0) is 13.8. The molecule has 1 aromatic rings. The summed E-state index contributed by atoms with van der Waals surface area (Å²) in [6.07, 6.45) is 1.86. The van der Waals surface area contributed by atoms with Crippen molar-refractivity contribution >= 4 is 5.91 Å². The van der Waals surface area contributed by atoms with Crippen LogP contribution in [0.3, 0.4) is 0 Å². The summed E-state index contributed by atoms with van der Waals surface area (Å²) in [6, 6.07) is 3.72. The second kappa shape index (κ2) is 6.10. The van der Waals surface area contributed by atoms with Gasteiger partial charge >= 0.3 is 0 Å². The summed E-state index contributed by atoms with van der Waals surface area (Å²) in [5.74, 6) is -1.78. The van der Waals surface area contributed by atoms with E-state index < -0.39 is 11.6 Å². The third-order valence-corrected chi connectivity index (χ3v) is 3.47. The Kier molecular flexibility index (Phi) is 4.47. The summed E-state index contributed by atoms with van der Waals surface area (Å²) >= 11 is 0. The maximum atomic E-state index is 13.1. The lowest BCUT2D eigenvalue weighted by Gasteiger charge is -2.16. The van der Waals surface area contributed by atoms with Crippen LogP contribution in [0, 0.1) is 11.6 Å². The molecule has 0 aromatic heterocycles. The van der Waals surface area contributed by atoms with E-state index in [2.05, 4.69) is 10.6 Å². The van der Waals surface area contributed by atoms with Crippen LogP contribution in [0.15, 0.2) is 18.2 Å². The van der Waals surface area contributed by atoms with Crippen LogP contribution in [0.2, 0.25) is 0 Å². The van der Waals surface area contributed by atoms with E-state index >= 15 is 0 Å². The summed E-state index contributed by atoms with van der Waals surface area (Å²) in [4.78, 5) is 11.8. The number of amides is 1. The number of halogens is 2. The Bertz CT molecular complexity index is 459. The molecule has 0 saturated carbocycles. The molecule has 0 spiro atoms. The number of carbonyl (C=O) groups is 1. The first kappa shape index (κ1) is 13.9. The van der Waals surface area contributed by atoms with Gasteiger partial charge in [0.15, 0.2) is 11.6 Å². The maximum Gasteiger partial charge on any atom is 0.237 e. The molecule has 0 aliphatic carbocycles. The number of nitrogens with one attached hydrogen (secondary N) is 2. The fourth-order valence-corrected chi connectivity index (χ4v) is 2.22. The smallest absolute Gasteiger partial charge is 0.237 e. The Labute approximate surface area is 111 Å². The van der Waals surface area contributed by atoms with E-state index in [9.17, 15) is 13.6 Å². The molecule has 1 fully saturated rings. The van der Waals surface area contributed by atoms with E-state index in [0.717, 1.165) is 25.5 Å². The lowest BCUT2D eigenvalue weighted by Crippen LogP contribution is -2.41. The van der Waals surface area contributed by atoms with Crippen molar-refractivity contribution in [2.45, 2.75) is 31.7 Å². The van der Waals surface area contributed by atoms with Gasteiger partial charge in [-0.05, 0) is 43.0 Å². The number of carbonyl (C=O) groups excluding carboxylic acids is 1. The lowest BCUT2D eigenvalue weighted by molar-refractivity contribution is -0.122. The van der Waals surface area contributed by atoms with Crippen molar-refractivity contribution in [1.82, 2.24) is 10.6 Å². The first-order chi connectivity index (χ1) is 9.08. The van der Waals surface area contributed by atoms with E-state index in [-0.39, 0.29) is 17.9 Å². The third kappa shape index (κ3) is 3.50. The van der Waals surface area contributed by atoms with Gasteiger partial charge < -0.3 is 10.6 Å². The van der Waals surface area contributed by atoms with E-state index in [1.165, 1.54) is 6.07 Å². The largest absolute Gasteiger partial charge is 0.354 e. The van der Waals surface area contributed by atoms with E-state index in [0.29, 0.717) is 12.1 Å². The normalized spacial score (nSPS) is 20.3. The zero-order valence-corrected chi connectivity index (χ0v) is 10.9. The summed E-state index contributed by atoms with van der Waals surface area (Å²) in [5.41, 5.74) is 0.679. The molecule has 1 aliphatic rings. The number of hydrogen-bond acceptors (Lipinski definition) is 2. The van der Waals surface area contributed by atoms with Crippen LogP contribution in [0.1, 0.15) is 31.2 Å². The van der Waals surface area contributed by atoms with E-state index in [4.69, 9.17) is 0 Å². The number of hydrogen-bond donors (Lipinski definition) is 2. The molecule has 2 unspecified atom stereocenters. The molecule has 19 heavy (non-hydrogen) atoms. The number of benzene rings is 1. The van der Waals surface area contributed by atoms with E-state index in [1.807, 2.05) is 6.92 Å². The summed E-state index contributed by atoms with van der Waals surface area (Å²) in [7, 11) is 0. The predicted octanol–water partition coefficient (Wildman–Crippen LogP) is 1.94. The minimum absolute atomic E-state index is 0.0214. The maximum absolute atomic E-state index is 13.1. The molecule has 1 aliphatic heterocycles. The van der Waals surface area contributed by atoms with Gasteiger partial charge in [-0.15, -0.1) is 0 Å². The van der Waals surface area contributed by atoms with Crippen LogP contribution in [0.5, 0.6) is 0 Å². The molecule has 1 saturated heterocycles. The topological polar surface area (TPSA) is 41.1 Å². The summed E-state index contributed by atoms with van der Waals surface area (Å²) in [6.45, 7) is 3.16. The van der Waals surface area contributed by atoms with Gasteiger partial charge in [-0.3, -0.25) is 4.79 Å². The summed E-state index contributed by atoms with van der Waals surface area (Å²) in [5, 5.41) is 5.95. The molecule has 2 N–H and O–H groups in total. The molecule has 2 atom stereocenters. The third-order valence-electron chi connectivity index (χ3n) is 3.47. The fraction of sp³-hybridized carbons (Fsp3) is 0.500. The number of rotatable bonds is 4. The van der Waals surface area contributed by atoms with Crippen molar-refractivity contribution in [2.24, 2.45) is 0 Å². The van der Waals surface area contributed by atoms with Gasteiger partial charge in [0.05, 0.1) is 6.04 Å². The highest BCUT2D eigenvalue weighted by Gasteiger charge is 2.22. The zero-order valence-electron chi connectivity index (χ0n) is 10.9. The van der Waals surface area contributed by atoms with Crippen molar-refractivity contribution in [3.05, 3.63) is 35.4 Å². The average Bonchev–Trinajstić information content (AvgIpc) is 2.92. The minimum atomic E-state index is -0.854. The SMILES string of the molecule is CC(CNC(=O)C1CCCN1)c1ccc(F)c(F)c1. The molecule has 3 nitrogen and oxygen atoms in total. The van der Waals surface area contributed by atoms with Crippen LogP contribution >= 0.6 is 0 Å². The fourth-order valence-electron chi connectivity index (χ4n) is 2.22. The molecular weight excluding hydrogens is 250 g/mol. The first-order valence-corrected chi connectivity index (χ1v) is 6.54. The molecule has 104 valence electrons. The van der Waals surface area contributed by atoms with Crippen LogP contribution in [0.4, 0.5) is 8.78 Å².